The van der Waals surface area contributed by atoms with E-state index in [1.54, 1.807) is 24.3 Å². The maximum absolute atomic E-state index is 12.6. The molecule has 2 aromatic carbocycles. The summed E-state index contributed by atoms with van der Waals surface area (Å²) in [5, 5.41) is 0.376. The minimum Gasteiger partial charge on any atom is -0.464 e. The van der Waals surface area contributed by atoms with E-state index in [0.29, 0.717) is 17.5 Å². The fourth-order valence-corrected chi connectivity index (χ4v) is 2.86. The largest absolute Gasteiger partial charge is 0.464 e. The monoisotopic (exact) mass is 359 g/mol. The summed E-state index contributed by atoms with van der Waals surface area (Å²) < 4.78 is 11.1. The lowest BCUT2D eigenvalue weighted by Crippen LogP contribution is -1.99. The molecule has 0 bridgehead atoms. The fraction of sp³-hybridized carbons (Fsp3) is 0.111. The Labute approximate surface area is 148 Å². The van der Waals surface area contributed by atoms with Crippen LogP contribution in [-0.4, -0.2) is 16.7 Å². The van der Waals surface area contributed by atoms with Crippen LogP contribution in [0.4, 0.5) is 0 Å². The van der Waals surface area contributed by atoms with Crippen LogP contribution in [0.15, 0.2) is 63.9 Å². The lowest BCUT2D eigenvalue weighted by atomic mass is 10.2. The first-order valence-corrected chi connectivity index (χ1v) is 8.53. The Balaban J connectivity index is 1.89. The van der Waals surface area contributed by atoms with Crippen molar-refractivity contribution < 1.29 is 13.9 Å². The Kier molecular flexibility index (Phi) is 5.23. The number of thioether (sulfide) groups is 1. The molecule has 0 aliphatic rings. The van der Waals surface area contributed by atoms with Gasteiger partial charge in [-0.05, 0) is 55.1 Å². The lowest BCUT2D eigenvalue weighted by Gasteiger charge is -2.01. The number of benzene rings is 2. The second-order valence-corrected chi connectivity index (χ2v) is 6.28. The van der Waals surface area contributed by atoms with Crippen molar-refractivity contribution in [3.8, 4) is 17.4 Å². The van der Waals surface area contributed by atoms with Crippen LogP contribution in [-0.2, 0) is 0 Å². The number of hydrogen-bond donors (Lipinski definition) is 0. The molecule has 3 aromatic rings. The van der Waals surface area contributed by atoms with Crippen LogP contribution in [0.3, 0.4) is 0 Å². The predicted molar refractivity (Wildman–Crippen MR) is 94.7 cm³/mol. The Morgan fingerprint density at radius 3 is 2.54 bits per heavy atom. The van der Waals surface area contributed by atoms with Gasteiger partial charge in [0.1, 0.15) is 0 Å². The van der Waals surface area contributed by atoms with Crippen LogP contribution >= 0.6 is 23.4 Å². The second kappa shape index (κ2) is 7.55. The molecule has 0 saturated heterocycles. The van der Waals surface area contributed by atoms with Gasteiger partial charge < -0.3 is 9.15 Å². The van der Waals surface area contributed by atoms with Gasteiger partial charge in [0.25, 0.3) is 0 Å². The molecule has 0 fully saturated rings. The number of ether oxygens (including phenoxy) is 1. The third-order valence-corrected chi connectivity index (χ3v) is 4.25. The molecule has 0 amide bonds. The maximum Gasteiger partial charge on any atom is 0.318 e. The summed E-state index contributed by atoms with van der Waals surface area (Å²) in [5.41, 5.74) is 0.963. The van der Waals surface area contributed by atoms with Crippen molar-refractivity contribution in [1.29, 1.82) is 0 Å². The molecule has 122 valence electrons. The molecule has 6 heteroatoms. The zero-order valence-electron chi connectivity index (χ0n) is 12.9. The zero-order chi connectivity index (χ0) is 16.9. The standard InChI is InChI=1S/C18H14ClNO3S/c1-2-22-18-15(17(21)24-14-10-8-13(19)9-11-14)20-16(23-18)12-6-4-3-5-7-12/h3-11H,2H2,1H3. The molecule has 0 radical (unpaired) electrons. The SMILES string of the molecule is CCOc1oc(-c2ccccc2)nc1C(=O)Sc1ccc(Cl)cc1. The van der Waals surface area contributed by atoms with Crippen molar-refractivity contribution in [2.75, 3.05) is 6.61 Å². The average molecular weight is 360 g/mol. The fourth-order valence-electron chi connectivity index (χ4n) is 2.03. The van der Waals surface area contributed by atoms with Crippen LogP contribution in [0, 0.1) is 0 Å². The summed E-state index contributed by atoms with van der Waals surface area (Å²) in [6.07, 6.45) is 0. The Hall–Kier alpha value is -2.24. The first-order chi connectivity index (χ1) is 11.7. The van der Waals surface area contributed by atoms with Gasteiger partial charge in [0.05, 0.1) is 6.61 Å². The molecule has 0 aliphatic heterocycles. The Bertz CT molecular complexity index is 831. The third-order valence-electron chi connectivity index (χ3n) is 3.11. The molecule has 0 N–H and O–H groups in total. The topological polar surface area (TPSA) is 52.3 Å². The van der Waals surface area contributed by atoms with Gasteiger partial charge in [-0.1, -0.05) is 29.8 Å². The number of carbonyl (C=O) groups excluding carboxylic acids is 1. The highest BCUT2D eigenvalue weighted by atomic mass is 35.5. The molecule has 4 nitrogen and oxygen atoms in total. The molecular formula is C18H14ClNO3S. The van der Waals surface area contributed by atoms with Crippen molar-refractivity contribution >= 4 is 28.5 Å². The highest BCUT2D eigenvalue weighted by molar-refractivity contribution is 8.14. The van der Waals surface area contributed by atoms with Crippen LogP contribution in [0.25, 0.3) is 11.5 Å². The van der Waals surface area contributed by atoms with Crippen molar-refractivity contribution in [2.45, 2.75) is 11.8 Å². The summed E-state index contributed by atoms with van der Waals surface area (Å²) >= 11 is 6.92. The Morgan fingerprint density at radius 1 is 1.17 bits per heavy atom. The number of halogens is 1. The van der Waals surface area contributed by atoms with Crippen LogP contribution < -0.4 is 4.74 Å². The second-order valence-electron chi connectivity index (χ2n) is 4.80. The zero-order valence-corrected chi connectivity index (χ0v) is 14.4. The van der Waals surface area contributed by atoms with E-state index in [-0.39, 0.29) is 16.8 Å². The number of oxazole rings is 1. The summed E-state index contributed by atoms with van der Waals surface area (Å²) in [6, 6.07) is 16.4. The number of rotatable bonds is 5. The van der Waals surface area contributed by atoms with Gasteiger partial charge >= 0.3 is 5.95 Å². The molecule has 1 aromatic heterocycles. The van der Waals surface area contributed by atoms with Gasteiger partial charge in [0.15, 0.2) is 0 Å². The predicted octanol–water partition coefficient (Wildman–Crippen LogP) is 5.33. The minimum absolute atomic E-state index is 0.141. The van der Waals surface area contributed by atoms with E-state index in [0.717, 1.165) is 22.2 Å². The molecule has 1 heterocycles. The normalized spacial score (nSPS) is 10.6. The van der Waals surface area contributed by atoms with Crippen molar-refractivity contribution in [1.82, 2.24) is 4.98 Å². The summed E-state index contributed by atoms with van der Waals surface area (Å²) in [5.74, 6) is 0.502. The number of carbonyl (C=O) groups is 1. The minimum atomic E-state index is -0.244. The molecule has 0 atom stereocenters. The van der Waals surface area contributed by atoms with E-state index in [4.69, 9.17) is 20.8 Å². The quantitative estimate of drug-likeness (QED) is 0.576. The van der Waals surface area contributed by atoms with Gasteiger partial charge in [-0.3, -0.25) is 4.79 Å². The first kappa shape index (κ1) is 16.6. The van der Waals surface area contributed by atoms with Crippen LogP contribution in [0.2, 0.25) is 5.02 Å². The van der Waals surface area contributed by atoms with Gasteiger partial charge in [-0.15, -0.1) is 0 Å². The van der Waals surface area contributed by atoms with E-state index < -0.39 is 0 Å². The van der Waals surface area contributed by atoms with Crippen molar-refractivity contribution in [2.24, 2.45) is 0 Å². The number of hydrogen-bond acceptors (Lipinski definition) is 5. The molecule has 0 spiro atoms. The third kappa shape index (κ3) is 3.80. The molecule has 24 heavy (non-hydrogen) atoms. The van der Waals surface area contributed by atoms with E-state index in [1.807, 2.05) is 37.3 Å². The van der Waals surface area contributed by atoms with Crippen LogP contribution in [0.1, 0.15) is 17.4 Å². The lowest BCUT2D eigenvalue weighted by molar-refractivity contribution is 0.107. The van der Waals surface area contributed by atoms with E-state index in [9.17, 15) is 4.79 Å². The molecular weight excluding hydrogens is 346 g/mol. The molecule has 3 rings (SSSR count). The molecule has 0 saturated carbocycles. The van der Waals surface area contributed by atoms with E-state index in [2.05, 4.69) is 4.98 Å². The van der Waals surface area contributed by atoms with E-state index in [1.165, 1.54) is 0 Å². The summed E-state index contributed by atoms with van der Waals surface area (Å²) in [7, 11) is 0. The first-order valence-electron chi connectivity index (χ1n) is 7.34. The maximum atomic E-state index is 12.6. The van der Waals surface area contributed by atoms with Crippen molar-refractivity contribution in [3.05, 3.63) is 65.3 Å². The van der Waals surface area contributed by atoms with Gasteiger partial charge in [0.2, 0.25) is 16.7 Å². The summed E-state index contributed by atoms with van der Waals surface area (Å²) in [6.45, 7) is 2.21. The van der Waals surface area contributed by atoms with Crippen molar-refractivity contribution in [3.63, 3.8) is 0 Å². The Morgan fingerprint density at radius 2 is 1.88 bits per heavy atom. The average Bonchev–Trinajstić information content (AvgIpc) is 3.02. The summed E-state index contributed by atoms with van der Waals surface area (Å²) in [4.78, 5) is 17.7. The molecule has 0 unspecified atom stereocenters. The number of aromatic nitrogens is 1. The number of nitrogens with zero attached hydrogens (tertiary/aromatic N) is 1. The highest BCUT2D eigenvalue weighted by Crippen LogP contribution is 2.32. The molecule has 0 aliphatic carbocycles. The van der Waals surface area contributed by atoms with Gasteiger partial charge in [-0.25, -0.2) is 4.98 Å². The highest BCUT2D eigenvalue weighted by Gasteiger charge is 2.23. The van der Waals surface area contributed by atoms with Gasteiger partial charge in [0, 0.05) is 15.5 Å². The van der Waals surface area contributed by atoms with Crippen LogP contribution in [0.5, 0.6) is 5.95 Å². The smallest absolute Gasteiger partial charge is 0.318 e. The van der Waals surface area contributed by atoms with Gasteiger partial charge in [-0.2, -0.15) is 0 Å². The van der Waals surface area contributed by atoms with E-state index >= 15 is 0 Å².